The first-order valence-electron chi connectivity index (χ1n) is 10.9. The summed E-state index contributed by atoms with van der Waals surface area (Å²) < 4.78 is 26.6. The highest BCUT2D eigenvalue weighted by molar-refractivity contribution is 5.74. The van der Waals surface area contributed by atoms with Crippen molar-refractivity contribution in [1.29, 1.82) is 0 Å². The summed E-state index contributed by atoms with van der Waals surface area (Å²) in [5.41, 5.74) is 0. The summed E-state index contributed by atoms with van der Waals surface area (Å²) in [5, 5.41) is 19.0. The fourth-order valence-corrected chi connectivity index (χ4v) is 2.60. The lowest BCUT2D eigenvalue weighted by Gasteiger charge is -2.19. The summed E-state index contributed by atoms with van der Waals surface area (Å²) in [6, 6.07) is 0. The van der Waals surface area contributed by atoms with Crippen LogP contribution in [-0.4, -0.2) is 101 Å². The van der Waals surface area contributed by atoms with Crippen LogP contribution in [-0.2, 0) is 28.5 Å². The second kappa shape index (κ2) is 20.1. The molecule has 0 bridgehead atoms. The van der Waals surface area contributed by atoms with Crippen LogP contribution < -0.4 is 0 Å². The van der Waals surface area contributed by atoms with E-state index < -0.39 is 12.1 Å². The topological polar surface area (TPSA) is 107 Å². The Morgan fingerprint density at radius 3 is 1.97 bits per heavy atom. The van der Waals surface area contributed by atoms with Crippen LogP contribution in [0.25, 0.3) is 0 Å². The second-order valence-corrected chi connectivity index (χ2v) is 7.64. The van der Waals surface area contributed by atoms with Crippen LogP contribution in [0, 0.1) is 11.8 Å². The van der Waals surface area contributed by atoms with Gasteiger partial charge in [-0.3, -0.25) is 0 Å². The third-order valence-corrected chi connectivity index (χ3v) is 4.44. The number of esters is 1. The summed E-state index contributed by atoms with van der Waals surface area (Å²) in [4.78, 5) is 13.4. The zero-order chi connectivity index (χ0) is 22.6. The lowest BCUT2D eigenvalue weighted by atomic mass is 10.0. The van der Waals surface area contributed by atoms with E-state index in [-0.39, 0.29) is 45.2 Å². The van der Waals surface area contributed by atoms with Crippen molar-refractivity contribution < 1.29 is 38.7 Å². The first-order valence-corrected chi connectivity index (χ1v) is 10.9. The van der Waals surface area contributed by atoms with Crippen LogP contribution in [0.2, 0.25) is 0 Å². The van der Waals surface area contributed by atoms with Gasteiger partial charge in [-0.25, -0.2) is 4.79 Å². The molecule has 9 nitrogen and oxygen atoms in total. The van der Waals surface area contributed by atoms with Crippen molar-refractivity contribution in [3.8, 4) is 0 Å². The number of nitrogens with zero attached hydrogens (tertiary/aromatic N) is 1. The Morgan fingerprint density at radius 2 is 1.47 bits per heavy atom. The fraction of sp³-hybridized carbons (Fsp3) is 0.952. The second-order valence-electron chi connectivity index (χ2n) is 7.64. The molecule has 0 saturated carbocycles. The quantitative estimate of drug-likeness (QED) is 0.156. The molecule has 180 valence electrons. The van der Waals surface area contributed by atoms with Crippen LogP contribution in [0.4, 0.5) is 0 Å². The molecule has 9 heteroatoms. The minimum Gasteiger partial charge on any atom is -0.464 e. The molecule has 0 aromatic carbocycles. The van der Waals surface area contributed by atoms with E-state index in [4.69, 9.17) is 23.7 Å². The smallest absolute Gasteiger partial charge is 0.337 e. The van der Waals surface area contributed by atoms with Gasteiger partial charge in [0.05, 0.1) is 33.0 Å². The maximum absolute atomic E-state index is 11.3. The van der Waals surface area contributed by atoms with Crippen molar-refractivity contribution in [3.05, 3.63) is 0 Å². The Bertz CT molecular complexity index is 397. The minimum atomic E-state index is -1.30. The SMILES string of the molecule is CCCCC(COCOCC(CO)CCN(C)C)COCOCC(O)C(=O)OCC. The first kappa shape index (κ1) is 29.2. The molecule has 0 rings (SSSR count). The Morgan fingerprint density at radius 1 is 0.900 bits per heavy atom. The molecule has 0 saturated heterocycles. The van der Waals surface area contributed by atoms with E-state index in [0.29, 0.717) is 19.8 Å². The summed E-state index contributed by atoms with van der Waals surface area (Å²) in [5.74, 6) is -0.385. The molecule has 0 fully saturated rings. The molecule has 0 aliphatic rings. The number of rotatable bonds is 21. The molecular weight excluding hydrogens is 394 g/mol. The number of carbonyl (C=O) groups is 1. The monoisotopic (exact) mass is 437 g/mol. The number of aliphatic hydroxyl groups excluding tert-OH is 2. The Kier molecular flexibility index (Phi) is 19.6. The van der Waals surface area contributed by atoms with Crippen molar-refractivity contribution in [3.63, 3.8) is 0 Å². The zero-order valence-corrected chi connectivity index (χ0v) is 19.2. The number of ether oxygens (including phenoxy) is 5. The Hall–Kier alpha value is -0.810. The number of hydrogen-bond donors (Lipinski definition) is 2. The van der Waals surface area contributed by atoms with Crippen molar-refractivity contribution in [1.82, 2.24) is 4.90 Å². The van der Waals surface area contributed by atoms with Crippen LogP contribution in [0.1, 0.15) is 39.5 Å². The van der Waals surface area contributed by atoms with Crippen molar-refractivity contribution >= 4 is 5.97 Å². The van der Waals surface area contributed by atoms with Gasteiger partial charge in [-0.05, 0) is 40.4 Å². The molecule has 0 aliphatic carbocycles. The van der Waals surface area contributed by atoms with Gasteiger partial charge in [0.25, 0.3) is 0 Å². The molecule has 0 aromatic heterocycles. The van der Waals surface area contributed by atoms with E-state index >= 15 is 0 Å². The van der Waals surface area contributed by atoms with Crippen molar-refractivity contribution in [2.45, 2.75) is 45.6 Å². The summed E-state index contributed by atoms with van der Waals surface area (Å²) in [7, 11) is 4.01. The van der Waals surface area contributed by atoms with Crippen molar-refractivity contribution in [2.75, 3.05) is 73.9 Å². The molecular formula is C21H43NO8. The van der Waals surface area contributed by atoms with Crippen LogP contribution >= 0.6 is 0 Å². The molecule has 0 radical (unpaired) electrons. The van der Waals surface area contributed by atoms with Crippen LogP contribution in [0.3, 0.4) is 0 Å². The average molecular weight is 438 g/mol. The number of aliphatic hydroxyl groups is 2. The standard InChI is InChI=1S/C21H43NO8/c1-5-7-8-19(14-28-17-29-15-20(24)21(25)30-6-2)13-27-16-26-12-18(11-23)9-10-22(3)4/h18-20,23-24H,5-17H2,1-4H3. The molecule has 0 spiro atoms. The van der Waals surface area contributed by atoms with E-state index in [9.17, 15) is 15.0 Å². The third kappa shape index (κ3) is 16.9. The van der Waals surface area contributed by atoms with Crippen LogP contribution in [0.5, 0.6) is 0 Å². The summed E-state index contributed by atoms with van der Waals surface area (Å²) in [6.45, 7) is 6.47. The summed E-state index contributed by atoms with van der Waals surface area (Å²) in [6.07, 6.45) is 2.69. The maximum Gasteiger partial charge on any atom is 0.337 e. The molecule has 30 heavy (non-hydrogen) atoms. The largest absolute Gasteiger partial charge is 0.464 e. The predicted molar refractivity (Wildman–Crippen MR) is 113 cm³/mol. The highest BCUT2D eigenvalue weighted by Gasteiger charge is 2.16. The lowest BCUT2D eigenvalue weighted by molar-refractivity contribution is -0.160. The number of carbonyl (C=O) groups excluding carboxylic acids is 1. The summed E-state index contributed by atoms with van der Waals surface area (Å²) >= 11 is 0. The van der Waals surface area contributed by atoms with Gasteiger partial charge in [0.15, 0.2) is 6.10 Å². The van der Waals surface area contributed by atoms with E-state index in [0.717, 1.165) is 32.2 Å². The first-order chi connectivity index (χ1) is 14.4. The zero-order valence-electron chi connectivity index (χ0n) is 19.2. The van der Waals surface area contributed by atoms with Gasteiger partial charge in [-0.15, -0.1) is 0 Å². The van der Waals surface area contributed by atoms with Gasteiger partial charge in [0.2, 0.25) is 0 Å². The minimum absolute atomic E-state index is 0.0142. The normalized spacial score (nSPS) is 14.6. The Labute approximate surface area is 181 Å². The van der Waals surface area contributed by atoms with E-state index in [2.05, 4.69) is 11.8 Å². The predicted octanol–water partition coefficient (Wildman–Crippen LogP) is 1.26. The molecule has 3 atom stereocenters. The average Bonchev–Trinajstić information content (AvgIpc) is 2.72. The van der Waals surface area contributed by atoms with Gasteiger partial charge in [-0.1, -0.05) is 19.8 Å². The molecule has 2 N–H and O–H groups in total. The van der Waals surface area contributed by atoms with Gasteiger partial charge in [0, 0.05) is 18.4 Å². The van der Waals surface area contributed by atoms with Gasteiger partial charge < -0.3 is 38.8 Å². The van der Waals surface area contributed by atoms with E-state index in [1.165, 1.54) is 0 Å². The Balaban J connectivity index is 3.95. The highest BCUT2D eigenvalue weighted by Crippen LogP contribution is 2.11. The molecule has 0 aromatic rings. The number of unbranched alkanes of at least 4 members (excludes halogenated alkanes) is 1. The van der Waals surface area contributed by atoms with Gasteiger partial charge in [-0.2, -0.15) is 0 Å². The number of hydrogen-bond acceptors (Lipinski definition) is 9. The van der Waals surface area contributed by atoms with Gasteiger partial charge in [0.1, 0.15) is 13.6 Å². The maximum atomic E-state index is 11.3. The highest BCUT2D eigenvalue weighted by atomic mass is 16.7. The fourth-order valence-electron chi connectivity index (χ4n) is 2.60. The molecule has 3 unspecified atom stereocenters. The van der Waals surface area contributed by atoms with E-state index in [1.807, 2.05) is 14.1 Å². The van der Waals surface area contributed by atoms with Crippen molar-refractivity contribution in [2.24, 2.45) is 11.8 Å². The molecule has 0 amide bonds. The molecule has 0 heterocycles. The third-order valence-electron chi connectivity index (χ3n) is 4.44. The van der Waals surface area contributed by atoms with E-state index in [1.54, 1.807) is 6.92 Å². The van der Waals surface area contributed by atoms with Gasteiger partial charge >= 0.3 is 5.97 Å². The lowest BCUT2D eigenvalue weighted by Crippen LogP contribution is -2.28. The van der Waals surface area contributed by atoms with Crippen LogP contribution in [0.15, 0.2) is 0 Å². The molecule has 0 aliphatic heterocycles.